The molecule has 0 spiro atoms. The molecule has 0 saturated heterocycles. The van der Waals surface area contributed by atoms with Crippen molar-refractivity contribution < 1.29 is 14.7 Å². The summed E-state index contributed by atoms with van der Waals surface area (Å²) in [6.45, 7) is 2.07. The summed E-state index contributed by atoms with van der Waals surface area (Å²) in [5.74, 6) is -1.01. The lowest BCUT2D eigenvalue weighted by Gasteiger charge is -2.11. The van der Waals surface area contributed by atoms with Gasteiger partial charge in [0.1, 0.15) is 0 Å². The molecule has 2 rings (SSSR count). The molecule has 21 heavy (non-hydrogen) atoms. The van der Waals surface area contributed by atoms with E-state index in [1.807, 2.05) is 30.3 Å². The molecule has 0 aliphatic heterocycles. The van der Waals surface area contributed by atoms with Gasteiger partial charge in [-0.3, -0.25) is 0 Å². The van der Waals surface area contributed by atoms with Crippen LogP contribution in [0, 0.1) is 6.92 Å². The molecule has 0 aromatic heterocycles. The van der Waals surface area contributed by atoms with Gasteiger partial charge in [0.2, 0.25) is 0 Å². The van der Waals surface area contributed by atoms with Crippen molar-refractivity contribution in [1.29, 1.82) is 0 Å². The van der Waals surface area contributed by atoms with Gasteiger partial charge in [-0.2, -0.15) is 0 Å². The van der Waals surface area contributed by atoms with Crippen LogP contribution in [-0.4, -0.2) is 17.1 Å². The minimum Gasteiger partial charge on any atom is -0.478 e. The van der Waals surface area contributed by atoms with Crippen molar-refractivity contribution in [3.8, 4) is 0 Å². The van der Waals surface area contributed by atoms with Crippen LogP contribution in [0.15, 0.2) is 48.5 Å². The van der Waals surface area contributed by atoms with E-state index >= 15 is 0 Å². The van der Waals surface area contributed by atoms with Gasteiger partial charge < -0.3 is 15.7 Å². The van der Waals surface area contributed by atoms with Crippen LogP contribution in [0.1, 0.15) is 21.5 Å². The number of amides is 2. The zero-order valence-corrected chi connectivity index (χ0v) is 11.6. The van der Waals surface area contributed by atoms with E-state index in [1.165, 1.54) is 6.07 Å². The van der Waals surface area contributed by atoms with E-state index in [2.05, 4.69) is 10.6 Å². The van der Waals surface area contributed by atoms with Gasteiger partial charge in [-0.1, -0.05) is 36.4 Å². The van der Waals surface area contributed by atoms with Crippen molar-refractivity contribution in [2.75, 3.05) is 5.32 Å². The molecule has 2 amide bonds. The molecule has 0 unspecified atom stereocenters. The number of carboxylic acid groups (broad SMARTS) is 1. The van der Waals surface area contributed by atoms with Crippen LogP contribution in [0.3, 0.4) is 0 Å². The Kier molecular flexibility index (Phi) is 4.56. The standard InChI is InChI=1S/C16H16N2O3/c1-11-13(15(19)20)8-5-9-14(11)18-16(21)17-10-12-6-3-2-4-7-12/h2-9H,10H2,1H3,(H,19,20)(H2,17,18,21). The van der Waals surface area contributed by atoms with E-state index in [1.54, 1.807) is 19.1 Å². The van der Waals surface area contributed by atoms with Crippen LogP contribution < -0.4 is 10.6 Å². The van der Waals surface area contributed by atoms with E-state index < -0.39 is 5.97 Å². The van der Waals surface area contributed by atoms with Crippen molar-refractivity contribution >= 4 is 17.7 Å². The fourth-order valence-electron chi connectivity index (χ4n) is 1.95. The highest BCUT2D eigenvalue weighted by Crippen LogP contribution is 2.18. The van der Waals surface area contributed by atoms with Crippen molar-refractivity contribution in [2.45, 2.75) is 13.5 Å². The maximum absolute atomic E-state index is 11.8. The molecule has 5 heteroatoms. The zero-order valence-electron chi connectivity index (χ0n) is 11.6. The summed E-state index contributed by atoms with van der Waals surface area (Å²) >= 11 is 0. The molecular formula is C16H16N2O3. The minimum atomic E-state index is -1.01. The van der Waals surface area contributed by atoms with Gasteiger partial charge in [-0.05, 0) is 30.2 Å². The first-order valence-corrected chi connectivity index (χ1v) is 6.49. The van der Waals surface area contributed by atoms with E-state index in [9.17, 15) is 9.59 Å². The first kappa shape index (κ1) is 14.6. The third-order valence-electron chi connectivity index (χ3n) is 3.11. The predicted molar refractivity (Wildman–Crippen MR) is 80.4 cm³/mol. The number of anilines is 1. The number of hydrogen-bond donors (Lipinski definition) is 3. The molecule has 0 fully saturated rings. The summed E-state index contributed by atoms with van der Waals surface area (Å²) in [6.07, 6.45) is 0. The number of aromatic carboxylic acids is 1. The Labute approximate surface area is 122 Å². The Morgan fingerprint density at radius 3 is 2.43 bits per heavy atom. The molecule has 0 atom stereocenters. The Bertz CT molecular complexity index is 654. The monoisotopic (exact) mass is 284 g/mol. The molecule has 2 aromatic rings. The second-order valence-electron chi connectivity index (χ2n) is 4.58. The number of carbonyl (C=O) groups excluding carboxylic acids is 1. The average Bonchev–Trinajstić information content (AvgIpc) is 2.48. The molecule has 0 radical (unpaired) electrons. The molecule has 0 aliphatic carbocycles. The highest BCUT2D eigenvalue weighted by molar-refractivity contribution is 5.95. The van der Waals surface area contributed by atoms with Crippen molar-refractivity contribution in [2.24, 2.45) is 0 Å². The number of benzene rings is 2. The number of nitrogens with one attached hydrogen (secondary N) is 2. The summed E-state index contributed by atoms with van der Waals surface area (Å²) in [5.41, 5.74) is 2.18. The molecule has 0 saturated carbocycles. The lowest BCUT2D eigenvalue weighted by Crippen LogP contribution is -2.28. The molecule has 2 aromatic carbocycles. The lowest BCUT2D eigenvalue weighted by molar-refractivity contribution is 0.0696. The predicted octanol–water partition coefficient (Wildman–Crippen LogP) is 3.01. The van der Waals surface area contributed by atoms with Crippen LogP contribution >= 0.6 is 0 Å². The topological polar surface area (TPSA) is 78.4 Å². The molecular weight excluding hydrogens is 268 g/mol. The number of rotatable bonds is 4. The van der Waals surface area contributed by atoms with Crippen LogP contribution in [0.4, 0.5) is 10.5 Å². The fraction of sp³-hybridized carbons (Fsp3) is 0.125. The van der Waals surface area contributed by atoms with Gasteiger partial charge in [0, 0.05) is 12.2 Å². The Morgan fingerprint density at radius 1 is 1.05 bits per heavy atom. The number of carboxylic acids is 1. The molecule has 0 aliphatic rings. The summed E-state index contributed by atoms with van der Waals surface area (Å²) in [4.78, 5) is 22.9. The summed E-state index contributed by atoms with van der Waals surface area (Å²) in [6, 6.07) is 13.9. The highest BCUT2D eigenvalue weighted by atomic mass is 16.4. The fourth-order valence-corrected chi connectivity index (χ4v) is 1.95. The quantitative estimate of drug-likeness (QED) is 0.807. The molecule has 0 bridgehead atoms. The van der Waals surface area contributed by atoms with Crippen LogP contribution in [0.25, 0.3) is 0 Å². The molecule has 108 valence electrons. The largest absolute Gasteiger partial charge is 0.478 e. The highest BCUT2D eigenvalue weighted by Gasteiger charge is 2.11. The zero-order chi connectivity index (χ0) is 15.2. The third-order valence-corrected chi connectivity index (χ3v) is 3.11. The normalized spacial score (nSPS) is 9.95. The number of hydrogen-bond acceptors (Lipinski definition) is 2. The van der Waals surface area contributed by atoms with Crippen LogP contribution in [0.2, 0.25) is 0 Å². The summed E-state index contributed by atoms with van der Waals surface area (Å²) in [5, 5.41) is 14.4. The maximum atomic E-state index is 11.8. The van der Waals surface area contributed by atoms with Gasteiger partial charge in [-0.15, -0.1) is 0 Å². The summed E-state index contributed by atoms with van der Waals surface area (Å²) < 4.78 is 0. The van der Waals surface area contributed by atoms with Gasteiger partial charge in [0.15, 0.2) is 0 Å². The SMILES string of the molecule is Cc1c(NC(=O)NCc2ccccc2)cccc1C(=O)O. The number of urea groups is 1. The Hall–Kier alpha value is -2.82. The smallest absolute Gasteiger partial charge is 0.336 e. The Balaban J connectivity index is 2.00. The van der Waals surface area contributed by atoms with Crippen LogP contribution in [-0.2, 0) is 6.54 Å². The van der Waals surface area contributed by atoms with Gasteiger partial charge in [0.05, 0.1) is 5.56 Å². The van der Waals surface area contributed by atoms with Crippen molar-refractivity contribution in [3.05, 3.63) is 65.2 Å². The van der Waals surface area contributed by atoms with E-state index in [0.717, 1.165) is 5.56 Å². The van der Waals surface area contributed by atoms with E-state index in [0.29, 0.717) is 17.8 Å². The Morgan fingerprint density at radius 2 is 1.76 bits per heavy atom. The second kappa shape index (κ2) is 6.56. The van der Waals surface area contributed by atoms with Gasteiger partial charge >= 0.3 is 12.0 Å². The minimum absolute atomic E-state index is 0.177. The van der Waals surface area contributed by atoms with E-state index in [-0.39, 0.29) is 11.6 Å². The molecule has 5 nitrogen and oxygen atoms in total. The first-order chi connectivity index (χ1) is 10.1. The van der Waals surface area contributed by atoms with Crippen molar-refractivity contribution in [3.63, 3.8) is 0 Å². The molecule has 0 heterocycles. The van der Waals surface area contributed by atoms with Crippen molar-refractivity contribution in [1.82, 2.24) is 5.32 Å². The molecule has 3 N–H and O–H groups in total. The second-order valence-corrected chi connectivity index (χ2v) is 4.58. The first-order valence-electron chi connectivity index (χ1n) is 6.49. The third kappa shape index (κ3) is 3.82. The van der Waals surface area contributed by atoms with Gasteiger partial charge in [0.25, 0.3) is 0 Å². The van der Waals surface area contributed by atoms with Crippen LogP contribution in [0.5, 0.6) is 0 Å². The maximum Gasteiger partial charge on any atom is 0.336 e. The van der Waals surface area contributed by atoms with E-state index in [4.69, 9.17) is 5.11 Å². The lowest BCUT2D eigenvalue weighted by atomic mass is 10.1. The number of carbonyl (C=O) groups is 2. The van der Waals surface area contributed by atoms with Gasteiger partial charge in [-0.25, -0.2) is 9.59 Å². The average molecular weight is 284 g/mol. The summed E-state index contributed by atoms with van der Waals surface area (Å²) in [7, 11) is 0.